The Morgan fingerprint density at radius 2 is 2.06 bits per heavy atom. The second-order valence-corrected chi connectivity index (χ2v) is 6.31. The van der Waals surface area contributed by atoms with E-state index in [0.29, 0.717) is 12.1 Å². The molecule has 1 saturated heterocycles. The van der Waals surface area contributed by atoms with E-state index in [9.17, 15) is 0 Å². The molecule has 0 aliphatic carbocycles. The summed E-state index contributed by atoms with van der Waals surface area (Å²) < 4.78 is 0. The molecule has 0 amide bonds. The number of nitrogens with zero attached hydrogens (tertiary/aromatic N) is 1. The Labute approximate surface area is 109 Å². The van der Waals surface area contributed by atoms with E-state index < -0.39 is 0 Å². The van der Waals surface area contributed by atoms with Crippen LogP contribution < -0.4 is 5.32 Å². The van der Waals surface area contributed by atoms with E-state index in [1.54, 1.807) is 0 Å². The van der Waals surface area contributed by atoms with Crippen LogP contribution in [0.3, 0.4) is 0 Å². The van der Waals surface area contributed by atoms with Crippen LogP contribution in [-0.2, 0) is 0 Å². The Morgan fingerprint density at radius 1 is 1.35 bits per heavy atom. The Morgan fingerprint density at radius 3 is 2.65 bits per heavy atom. The summed E-state index contributed by atoms with van der Waals surface area (Å²) in [7, 11) is 2.22. The summed E-state index contributed by atoms with van der Waals surface area (Å²) in [6.07, 6.45) is 2.67. The number of piperidine rings is 1. The van der Waals surface area contributed by atoms with Gasteiger partial charge in [0.15, 0.2) is 0 Å². The molecule has 1 aliphatic heterocycles. The van der Waals surface area contributed by atoms with Crippen molar-refractivity contribution in [1.82, 2.24) is 10.2 Å². The van der Waals surface area contributed by atoms with E-state index in [-0.39, 0.29) is 0 Å². The predicted octanol–water partition coefficient (Wildman–Crippen LogP) is 3.13. The largest absolute Gasteiger partial charge is 0.307 e. The number of hydrogen-bond donors (Lipinski definition) is 1. The average molecular weight is 252 g/mol. The molecule has 2 nitrogen and oxygen atoms in total. The minimum absolute atomic E-state index is 0.490. The number of likely N-dealkylation sites (tertiary alicyclic amines) is 1. The van der Waals surface area contributed by atoms with Gasteiger partial charge in [0.2, 0.25) is 0 Å². The third-order valence-corrected chi connectivity index (χ3v) is 5.01. The fourth-order valence-corrected chi connectivity index (χ4v) is 3.42. The first-order valence-corrected chi connectivity index (χ1v) is 7.53. The number of rotatable bonds is 4. The lowest BCUT2D eigenvalue weighted by atomic mass is 9.90. The third kappa shape index (κ3) is 3.54. The maximum Gasteiger partial charge on any atom is 0.0388 e. The zero-order valence-electron chi connectivity index (χ0n) is 11.1. The highest BCUT2D eigenvalue weighted by molar-refractivity contribution is 7.10. The van der Waals surface area contributed by atoms with Crippen molar-refractivity contribution in [3.05, 3.63) is 22.4 Å². The summed E-state index contributed by atoms with van der Waals surface area (Å²) in [5, 5.41) is 5.92. The molecule has 0 radical (unpaired) electrons. The Balaban J connectivity index is 1.82. The smallest absolute Gasteiger partial charge is 0.0388 e. The summed E-state index contributed by atoms with van der Waals surface area (Å²) in [4.78, 5) is 3.89. The number of thiophene rings is 1. The Bertz CT molecular complexity index is 315. The second-order valence-electron chi connectivity index (χ2n) is 5.33. The van der Waals surface area contributed by atoms with Crippen LogP contribution in [0, 0.1) is 5.92 Å². The molecule has 0 saturated carbocycles. The van der Waals surface area contributed by atoms with Crippen molar-refractivity contribution in [2.45, 2.75) is 38.8 Å². The number of hydrogen-bond acceptors (Lipinski definition) is 3. The minimum Gasteiger partial charge on any atom is -0.307 e. The van der Waals surface area contributed by atoms with E-state index in [0.717, 1.165) is 5.92 Å². The molecular weight excluding hydrogens is 228 g/mol. The van der Waals surface area contributed by atoms with Crippen LogP contribution in [0.4, 0.5) is 0 Å². The molecule has 1 unspecified atom stereocenters. The minimum atomic E-state index is 0.490. The molecule has 1 fully saturated rings. The lowest BCUT2D eigenvalue weighted by Crippen LogP contribution is -2.41. The van der Waals surface area contributed by atoms with Crippen LogP contribution in [0.2, 0.25) is 0 Å². The van der Waals surface area contributed by atoms with Crippen LogP contribution in [0.1, 0.15) is 37.6 Å². The SMILES string of the molecule is CC(N[C@H](C)c1cccs1)C1CCN(C)CC1. The Hall–Kier alpha value is -0.380. The van der Waals surface area contributed by atoms with E-state index >= 15 is 0 Å². The van der Waals surface area contributed by atoms with Crippen molar-refractivity contribution < 1.29 is 0 Å². The molecule has 1 aromatic rings. The van der Waals surface area contributed by atoms with Gasteiger partial charge in [0.1, 0.15) is 0 Å². The maximum absolute atomic E-state index is 3.76. The molecule has 0 spiro atoms. The van der Waals surface area contributed by atoms with Crippen LogP contribution in [-0.4, -0.2) is 31.1 Å². The molecule has 0 aromatic carbocycles. The molecule has 2 heterocycles. The van der Waals surface area contributed by atoms with E-state index in [1.165, 1.54) is 30.8 Å². The van der Waals surface area contributed by atoms with Crippen molar-refractivity contribution in [2.24, 2.45) is 5.92 Å². The van der Waals surface area contributed by atoms with Gasteiger partial charge in [0, 0.05) is 17.0 Å². The summed E-state index contributed by atoms with van der Waals surface area (Å²) in [6.45, 7) is 7.13. The second kappa shape index (κ2) is 5.98. The van der Waals surface area contributed by atoms with Gasteiger partial charge in [0.05, 0.1) is 0 Å². The van der Waals surface area contributed by atoms with E-state index in [2.05, 4.69) is 48.6 Å². The molecule has 0 bridgehead atoms. The summed E-state index contributed by atoms with van der Waals surface area (Å²) in [5.41, 5.74) is 0. The molecule has 2 rings (SSSR count). The quantitative estimate of drug-likeness (QED) is 0.885. The highest BCUT2D eigenvalue weighted by atomic mass is 32.1. The van der Waals surface area contributed by atoms with Crippen LogP contribution in [0.15, 0.2) is 17.5 Å². The van der Waals surface area contributed by atoms with Gasteiger partial charge < -0.3 is 10.2 Å². The van der Waals surface area contributed by atoms with Crippen LogP contribution >= 0.6 is 11.3 Å². The monoisotopic (exact) mass is 252 g/mol. The lowest BCUT2D eigenvalue weighted by molar-refractivity contribution is 0.185. The normalized spacial score (nSPS) is 22.5. The van der Waals surface area contributed by atoms with Gasteiger partial charge >= 0.3 is 0 Å². The van der Waals surface area contributed by atoms with Gasteiger partial charge in [-0.15, -0.1) is 11.3 Å². The first kappa shape index (κ1) is 13.1. The van der Waals surface area contributed by atoms with Gasteiger partial charge in [-0.1, -0.05) is 6.07 Å². The van der Waals surface area contributed by atoms with E-state index in [4.69, 9.17) is 0 Å². The molecule has 1 N–H and O–H groups in total. The summed E-state index contributed by atoms with van der Waals surface area (Å²) >= 11 is 1.85. The van der Waals surface area contributed by atoms with Crippen molar-refractivity contribution in [2.75, 3.05) is 20.1 Å². The van der Waals surface area contributed by atoms with E-state index in [1.807, 2.05) is 11.3 Å². The van der Waals surface area contributed by atoms with Gasteiger partial charge in [0.25, 0.3) is 0 Å². The first-order chi connectivity index (χ1) is 8.16. The predicted molar refractivity (Wildman–Crippen MR) is 75.6 cm³/mol. The van der Waals surface area contributed by atoms with Crippen LogP contribution in [0.5, 0.6) is 0 Å². The van der Waals surface area contributed by atoms with Gasteiger partial charge in [-0.25, -0.2) is 0 Å². The van der Waals surface area contributed by atoms with Gasteiger partial charge in [-0.05, 0) is 64.2 Å². The fraction of sp³-hybridized carbons (Fsp3) is 0.714. The summed E-state index contributed by atoms with van der Waals surface area (Å²) in [6, 6.07) is 5.48. The molecule has 3 heteroatoms. The third-order valence-electron chi connectivity index (χ3n) is 3.95. The number of nitrogens with one attached hydrogen (secondary N) is 1. The van der Waals surface area contributed by atoms with Gasteiger partial charge in [-0.2, -0.15) is 0 Å². The molecule has 96 valence electrons. The molecule has 17 heavy (non-hydrogen) atoms. The maximum atomic E-state index is 3.76. The average Bonchev–Trinajstić information content (AvgIpc) is 2.83. The molecule has 1 aromatic heterocycles. The molecule has 1 aliphatic rings. The Kier molecular flexibility index (Phi) is 4.60. The van der Waals surface area contributed by atoms with Crippen molar-refractivity contribution in [1.29, 1.82) is 0 Å². The molecule has 2 atom stereocenters. The lowest BCUT2D eigenvalue weighted by Gasteiger charge is -2.34. The van der Waals surface area contributed by atoms with Crippen LogP contribution in [0.25, 0.3) is 0 Å². The highest BCUT2D eigenvalue weighted by Gasteiger charge is 2.23. The summed E-state index contributed by atoms with van der Waals surface area (Å²) in [5.74, 6) is 0.841. The standard InChI is InChI=1S/C14H24N2S/c1-11(13-6-8-16(3)9-7-13)15-12(2)14-5-4-10-17-14/h4-5,10-13,15H,6-9H2,1-3H3/t11?,12-/m1/s1. The molecular formula is C14H24N2S. The van der Waals surface area contributed by atoms with Gasteiger partial charge in [-0.3, -0.25) is 0 Å². The van der Waals surface area contributed by atoms with Crippen molar-refractivity contribution in [3.8, 4) is 0 Å². The topological polar surface area (TPSA) is 15.3 Å². The zero-order valence-corrected chi connectivity index (χ0v) is 12.0. The first-order valence-electron chi connectivity index (χ1n) is 6.65. The zero-order chi connectivity index (χ0) is 12.3. The fourth-order valence-electron chi connectivity index (χ4n) is 2.68. The van der Waals surface area contributed by atoms with Crippen molar-refractivity contribution in [3.63, 3.8) is 0 Å². The highest BCUT2D eigenvalue weighted by Crippen LogP contribution is 2.24. The van der Waals surface area contributed by atoms with Crippen molar-refractivity contribution >= 4 is 11.3 Å².